The first-order valence-corrected chi connectivity index (χ1v) is 7.64. The fourth-order valence-corrected chi connectivity index (χ4v) is 3.18. The monoisotopic (exact) mass is 324 g/mol. The molecule has 1 aliphatic heterocycles. The Balaban J connectivity index is 2.15. The van der Waals surface area contributed by atoms with Crippen molar-refractivity contribution >= 4 is 35.4 Å². The minimum Gasteiger partial charge on any atom is -0.467 e. The number of esters is 2. The third-order valence-corrected chi connectivity index (χ3v) is 4.20. The van der Waals surface area contributed by atoms with Gasteiger partial charge in [0.1, 0.15) is 6.04 Å². The number of carbonyl (C=O) groups excluding carboxylic acids is 3. The van der Waals surface area contributed by atoms with Gasteiger partial charge in [-0.3, -0.25) is 0 Å². The second kappa shape index (κ2) is 7.17. The second-order valence-electron chi connectivity index (χ2n) is 4.48. The van der Waals surface area contributed by atoms with E-state index in [2.05, 4.69) is 10.1 Å². The van der Waals surface area contributed by atoms with Gasteiger partial charge in [-0.1, -0.05) is 12.1 Å². The Labute approximate surface area is 131 Å². The van der Waals surface area contributed by atoms with E-state index in [1.54, 1.807) is 24.3 Å². The molecule has 1 fully saturated rings. The molecule has 0 aromatic heterocycles. The lowest BCUT2D eigenvalue weighted by molar-refractivity contribution is -0.144. The summed E-state index contributed by atoms with van der Waals surface area (Å²) in [4.78, 5) is 37.1. The third kappa shape index (κ3) is 3.33. The Hall–Kier alpha value is -2.22. The van der Waals surface area contributed by atoms with E-state index in [1.165, 1.54) is 30.9 Å². The molecule has 2 rings (SSSR count). The van der Waals surface area contributed by atoms with Crippen LogP contribution >= 0.6 is 11.8 Å². The van der Waals surface area contributed by atoms with Gasteiger partial charge in [0.25, 0.3) is 0 Å². The summed E-state index contributed by atoms with van der Waals surface area (Å²) in [6.45, 7) is 0. The highest BCUT2D eigenvalue weighted by Crippen LogP contribution is 2.24. The zero-order chi connectivity index (χ0) is 16.1. The number of para-hydroxylation sites is 1. The van der Waals surface area contributed by atoms with Crippen LogP contribution in [0.2, 0.25) is 0 Å². The van der Waals surface area contributed by atoms with Gasteiger partial charge in [-0.2, -0.15) is 0 Å². The zero-order valence-corrected chi connectivity index (χ0v) is 13.0. The molecule has 7 nitrogen and oxygen atoms in total. The SMILES string of the molecule is COC(=O)c1ccccc1NC(=O)N1CSC[C@H]1C(=O)OC. The van der Waals surface area contributed by atoms with Gasteiger partial charge in [0.05, 0.1) is 31.3 Å². The van der Waals surface area contributed by atoms with E-state index in [1.807, 2.05) is 0 Å². The van der Waals surface area contributed by atoms with Gasteiger partial charge in [0.15, 0.2) is 0 Å². The molecule has 8 heteroatoms. The van der Waals surface area contributed by atoms with E-state index in [9.17, 15) is 14.4 Å². The van der Waals surface area contributed by atoms with Crippen LogP contribution in [0.3, 0.4) is 0 Å². The third-order valence-electron chi connectivity index (χ3n) is 3.19. The smallest absolute Gasteiger partial charge is 0.339 e. The summed E-state index contributed by atoms with van der Waals surface area (Å²) in [5, 5.41) is 2.64. The number of methoxy groups -OCH3 is 2. The summed E-state index contributed by atoms with van der Waals surface area (Å²) in [5.74, 6) is -0.136. The number of hydrogen-bond donors (Lipinski definition) is 1. The minimum atomic E-state index is -0.625. The summed E-state index contributed by atoms with van der Waals surface area (Å²) < 4.78 is 9.37. The van der Waals surface area contributed by atoms with Crippen LogP contribution in [-0.2, 0) is 14.3 Å². The Morgan fingerprint density at radius 1 is 1.23 bits per heavy atom. The van der Waals surface area contributed by atoms with Crippen LogP contribution in [0.25, 0.3) is 0 Å². The minimum absolute atomic E-state index is 0.250. The molecule has 1 saturated heterocycles. The number of ether oxygens (including phenoxy) is 2. The summed E-state index contributed by atoms with van der Waals surface area (Å²) >= 11 is 1.46. The predicted octanol–water partition coefficient (Wildman–Crippen LogP) is 1.55. The first-order valence-electron chi connectivity index (χ1n) is 6.49. The van der Waals surface area contributed by atoms with Crippen LogP contribution in [0.15, 0.2) is 24.3 Å². The molecule has 0 bridgehead atoms. The number of thioether (sulfide) groups is 1. The maximum absolute atomic E-state index is 12.4. The average molecular weight is 324 g/mol. The highest BCUT2D eigenvalue weighted by Gasteiger charge is 2.35. The quantitative estimate of drug-likeness (QED) is 0.849. The Kier molecular flexibility index (Phi) is 5.26. The van der Waals surface area contributed by atoms with Crippen molar-refractivity contribution in [2.45, 2.75) is 6.04 Å². The van der Waals surface area contributed by atoms with Crippen LogP contribution in [0, 0.1) is 0 Å². The van der Waals surface area contributed by atoms with Gasteiger partial charge >= 0.3 is 18.0 Å². The van der Waals surface area contributed by atoms with Crippen LogP contribution in [0.4, 0.5) is 10.5 Å². The number of rotatable bonds is 3. The highest BCUT2D eigenvalue weighted by molar-refractivity contribution is 7.99. The lowest BCUT2D eigenvalue weighted by Crippen LogP contribution is -2.44. The molecule has 118 valence electrons. The number of nitrogens with one attached hydrogen (secondary N) is 1. The molecular weight excluding hydrogens is 308 g/mol. The molecule has 0 saturated carbocycles. The maximum Gasteiger partial charge on any atom is 0.339 e. The second-order valence-corrected chi connectivity index (χ2v) is 5.48. The molecule has 0 aliphatic carbocycles. The molecule has 0 spiro atoms. The lowest BCUT2D eigenvalue weighted by Gasteiger charge is -2.22. The molecule has 1 aliphatic rings. The van der Waals surface area contributed by atoms with E-state index in [4.69, 9.17) is 4.74 Å². The van der Waals surface area contributed by atoms with E-state index < -0.39 is 24.0 Å². The molecule has 1 aromatic carbocycles. The fraction of sp³-hybridized carbons (Fsp3) is 0.357. The van der Waals surface area contributed by atoms with Crippen molar-refractivity contribution in [3.63, 3.8) is 0 Å². The van der Waals surface area contributed by atoms with Crippen molar-refractivity contribution in [2.75, 3.05) is 31.2 Å². The summed E-state index contributed by atoms with van der Waals surface area (Å²) in [5.41, 5.74) is 0.583. The van der Waals surface area contributed by atoms with Gasteiger partial charge in [-0.05, 0) is 12.1 Å². The molecule has 22 heavy (non-hydrogen) atoms. The molecule has 2 amide bonds. The van der Waals surface area contributed by atoms with E-state index in [0.717, 1.165) is 0 Å². The van der Waals surface area contributed by atoms with Crippen molar-refractivity contribution < 1.29 is 23.9 Å². The number of nitrogens with zero attached hydrogens (tertiary/aromatic N) is 1. The van der Waals surface area contributed by atoms with Gasteiger partial charge in [0.2, 0.25) is 0 Å². The highest BCUT2D eigenvalue weighted by atomic mass is 32.2. The number of anilines is 1. The summed E-state index contributed by atoms with van der Waals surface area (Å²) in [6.07, 6.45) is 0. The average Bonchev–Trinajstić information content (AvgIpc) is 3.03. The summed E-state index contributed by atoms with van der Waals surface area (Å²) in [6, 6.07) is 5.43. The van der Waals surface area contributed by atoms with Gasteiger partial charge in [-0.25, -0.2) is 14.4 Å². The van der Waals surface area contributed by atoms with E-state index in [0.29, 0.717) is 17.3 Å². The predicted molar refractivity (Wildman–Crippen MR) is 81.8 cm³/mol. The Morgan fingerprint density at radius 3 is 2.64 bits per heavy atom. The topological polar surface area (TPSA) is 84.9 Å². The lowest BCUT2D eigenvalue weighted by atomic mass is 10.2. The normalized spacial score (nSPS) is 17.0. The molecule has 1 heterocycles. The largest absolute Gasteiger partial charge is 0.467 e. The van der Waals surface area contributed by atoms with Gasteiger partial charge in [-0.15, -0.1) is 11.8 Å². The molecule has 1 N–H and O–H groups in total. The zero-order valence-electron chi connectivity index (χ0n) is 12.2. The van der Waals surface area contributed by atoms with Gasteiger partial charge < -0.3 is 19.7 Å². The van der Waals surface area contributed by atoms with Crippen molar-refractivity contribution in [1.82, 2.24) is 4.90 Å². The first-order chi connectivity index (χ1) is 10.6. The number of carbonyl (C=O) groups is 3. The van der Waals surface area contributed by atoms with Crippen LogP contribution < -0.4 is 5.32 Å². The molecule has 0 radical (unpaired) electrons. The van der Waals surface area contributed by atoms with Crippen molar-refractivity contribution in [2.24, 2.45) is 0 Å². The standard InChI is InChI=1S/C14H16N2O5S/c1-20-12(17)9-5-3-4-6-10(9)15-14(19)16-8-22-7-11(16)13(18)21-2/h3-6,11H,7-8H2,1-2H3,(H,15,19)/t11-/m0/s1. The van der Waals surface area contributed by atoms with Crippen LogP contribution in [0.1, 0.15) is 10.4 Å². The van der Waals surface area contributed by atoms with Crippen molar-refractivity contribution in [1.29, 1.82) is 0 Å². The maximum atomic E-state index is 12.4. The van der Waals surface area contributed by atoms with Gasteiger partial charge in [0, 0.05) is 5.75 Å². The van der Waals surface area contributed by atoms with Crippen molar-refractivity contribution in [3.05, 3.63) is 29.8 Å². The summed E-state index contributed by atoms with van der Waals surface area (Å²) in [7, 11) is 2.55. The number of amides is 2. The molecular formula is C14H16N2O5S. The van der Waals surface area contributed by atoms with Crippen LogP contribution in [0.5, 0.6) is 0 Å². The van der Waals surface area contributed by atoms with E-state index in [-0.39, 0.29) is 5.56 Å². The Bertz CT molecular complexity index is 592. The van der Waals surface area contributed by atoms with E-state index >= 15 is 0 Å². The number of hydrogen-bond acceptors (Lipinski definition) is 6. The molecule has 1 atom stereocenters. The number of benzene rings is 1. The number of urea groups is 1. The fourth-order valence-electron chi connectivity index (χ4n) is 2.04. The molecule has 0 unspecified atom stereocenters. The molecule has 1 aromatic rings. The first kappa shape index (κ1) is 16.2. The Morgan fingerprint density at radius 2 is 1.95 bits per heavy atom. The van der Waals surface area contributed by atoms with Crippen LogP contribution in [-0.4, -0.2) is 54.8 Å². The van der Waals surface area contributed by atoms with Crippen molar-refractivity contribution in [3.8, 4) is 0 Å².